The van der Waals surface area contributed by atoms with Crippen molar-refractivity contribution < 1.29 is 14.7 Å². The molecule has 126 valence electrons. The number of aryl methyl sites for hydroxylation is 1. The standard InChI is InChI=1S/C19H27NO3/c1-19(2,3)23-20-12-11-16(13-17(20)14-21)18(22)10-9-15-7-5-4-6-8-15/h4-8,16,18,22H,9-13H2,1-3H3. The van der Waals surface area contributed by atoms with E-state index in [4.69, 9.17) is 4.84 Å². The number of piperidine rings is 1. The van der Waals surface area contributed by atoms with Crippen LogP contribution in [0.4, 0.5) is 0 Å². The maximum atomic E-state index is 11.2. The Balaban J connectivity index is 1.89. The predicted octanol–water partition coefficient (Wildman–Crippen LogP) is 3.14. The second-order valence-corrected chi connectivity index (χ2v) is 7.20. The first kappa shape index (κ1) is 17.7. The van der Waals surface area contributed by atoms with Gasteiger partial charge in [0.05, 0.1) is 11.7 Å². The first-order valence-electron chi connectivity index (χ1n) is 8.31. The summed E-state index contributed by atoms with van der Waals surface area (Å²) in [5, 5.41) is 12.1. The molecule has 2 atom stereocenters. The second-order valence-electron chi connectivity index (χ2n) is 7.20. The van der Waals surface area contributed by atoms with Gasteiger partial charge in [-0.25, -0.2) is 9.86 Å². The van der Waals surface area contributed by atoms with E-state index >= 15 is 0 Å². The van der Waals surface area contributed by atoms with Gasteiger partial charge in [-0.3, -0.25) is 4.84 Å². The summed E-state index contributed by atoms with van der Waals surface area (Å²) in [6, 6.07) is 10.2. The fourth-order valence-corrected chi connectivity index (χ4v) is 2.92. The van der Waals surface area contributed by atoms with Crippen LogP contribution in [-0.4, -0.2) is 34.4 Å². The number of allylic oxidation sites excluding steroid dienone is 1. The molecule has 1 N–H and O–H groups in total. The maximum absolute atomic E-state index is 11.2. The molecule has 1 saturated heterocycles. The fraction of sp³-hybridized carbons (Fsp3) is 0.579. The molecule has 1 aromatic rings. The molecule has 0 aliphatic carbocycles. The average Bonchev–Trinajstić information content (AvgIpc) is 2.52. The molecule has 0 spiro atoms. The minimum atomic E-state index is -0.407. The molecule has 2 rings (SSSR count). The van der Waals surface area contributed by atoms with E-state index in [1.54, 1.807) is 5.06 Å². The van der Waals surface area contributed by atoms with Crippen molar-refractivity contribution in [2.45, 2.75) is 58.2 Å². The number of rotatable bonds is 5. The van der Waals surface area contributed by atoms with Crippen LogP contribution in [-0.2, 0) is 16.1 Å². The SMILES string of the molecule is CC(C)(C)ON1CCC(C(O)CCc2ccccc2)CC1=C=O. The van der Waals surface area contributed by atoms with Crippen LogP contribution in [0.3, 0.4) is 0 Å². The number of aliphatic hydroxyl groups is 1. The van der Waals surface area contributed by atoms with E-state index in [9.17, 15) is 9.90 Å². The lowest BCUT2D eigenvalue weighted by Gasteiger charge is -2.38. The first-order valence-corrected chi connectivity index (χ1v) is 8.31. The summed E-state index contributed by atoms with van der Waals surface area (Å²) in [7, 11) is 0. The summed E-state index contributed by atoms with van der Waals surface area (Å²) in [6.07, 6.45) is 2.49. The molecule has 4 nitrogen and oxygen atoms in total. The number of hydroxylamine groups is 2. The van der Waals surface area contributed by atoms with Gasteiger partial charge in [0.15, 0.2) is 0 Å². The highest BCUT2D eigenvalue weighted by molar-refractivity contribution is 5.51. The van der Waals surface area contributed by atoms with E-state index in [-0.39, 0.29) is 11.5 Å². The lowest BCUT2D eigenvalue weighted by atomic mass is 9.87. The van der Waals surface area contributed by atoms with E-state index in [1.165, 1.54) is 5.56 Å². The zero-order valence-corrected chi connectivity index (χ0v) is 14.3. The van der Waals surface area contributed by atoms with Crippen molar-refractivity contribution in [2.75, 3.05) is 6.54 Å². The van der Waals surface area contributed by atoms with Gasteiger partial charge in [-0.1, -0.05) is 30.3 Å². The monoisotopic (exact) mass is 317 g/mol. The lowest BCUT2D eigenvalue weighted by molar-refractivity contribution is -0.217. The van der Waals surface area contributed by atoms with E-state index in [2.05, 4.69) is 12.1 Å². The van der Waals surface area contributed by atoms with Crippen LogP contribution in [0.15, 0.2) is 36.0 Å². The summed E-state index contributed by atoms with van der Waals surface area (Å²) in [5.74, 6) is 2.08. The van der Waals surface area contributed by atoms with Crippen molar-refractivity contribution in [1.82, 2.24) is 5.06 Å². The van der Waals surface area contributed by atoms with Crippen LogP contribution in [0.1, 0.15) is 45.6 Å². The minimum absolute atomic E-state index is 0.0926. The molecule has 1 aliphatic heterocycles. The Morgan fingerprint density at radius 3 is 2.65 bits per heavy atom. The van der Waals surface area contributed by atoms with Gasteiger partial charge in [0.25, 0.3) is 0 Å². The molecule has 0 saturated carbocycles. The van der Waals surface area contributed by atoms with Crippen molar-refractivity contribution >= 4 is 5.94 Å². The average molecular weight is 317 g/mol. The zero-order valence-electron chi connectivity index (χ0n) is 14.3. The molecule has 0 bridgehead atoms. The minimum Gasteiger partial charge on any atom is -0.393 e. The Bertz CT molecular complexity index is 543. The number of hydrogen-bond donors (Lipinski definition) is 1. The number of benzene rings is 1. The normalized spacial score (nSPS) is 20.3. The van der Waals surface area contributed by atoms with Crippen LogP contribution < -0.4 is 0 Å². The summed E-state index contributed by atoms with van der Waals surface area (Å²) in [5.41, 5.74) is 1.39. The summed E-state index contributed by atoms with van der Waals surface area (Å²) in [6.45, 7) is 6.48. The highest BCUT2D eigenvalue weighted by atomic mass is 16.7. The van der Waals surface area contributed by atoms with Crippen molar-refractivity contribution in [3.05, 3.63) is 41.6 Å². The quantitative estimate of drug-likeness (QED) is 0.848. The van der Waals surface area contributed by atoms with Crippen LogP contribution in [0.2, 0.25) is 0 Å². The van der Waals surface area contributed by atoms with Crippen LogP contribution in [0.5, 0.6) is 0 Å². The molecule has 1 fully saturated rings. The van der Waals surface area contributed by atoms with Crippen LogP contribution >= 0.6 is 0 Å². The van der Waals surface area contributed by atoms with Crippen molar-refractivity contribution in [2.24, 2.45) is 5.92 Å². The van der Waals surface area contributed by atoms with Gasteiger partial charge in [-0.15, -0.1) is 0 Å². The highest BCUT2D eigenvalue weighted by Crippen LogP contribution is 2.30. The Morgan fingerprint density at radius 1 is 1.35 bits per heavy atom. The molecule has 2 unspecified atom stereocenters. The Kier molecular flexibility index (Phi) is 6.00. The number of carbonyl (C=O) groups excluding carboxylic acids is 1. The third-order valence-electron chi connectivity index (χ3n) is 4.08. The predicted molar refractivity (Wildman–Crippen MR) is 90.2 cm³/mol. The summed E-state index contributed by atoms with van der Waals surface area (Å²) >= 11 is 0. The van der Waals surface area contributed by atoms with Gasteiger partial charge in [-0.05, 0) is 51.5 Å². The number of aliphatic hydroxyl groups excluding tert-OH is 1. The van der Waals surface area contributed by atoms with Gasteiger partial charge < -0.3 is 5.11 Å². The summed E-state index contributed by atoms with van der Waals surface area (Å²) in [4.78, 5) is 17.0. The van der Waals surface area contributed by atoms with Gasteiger partial charge in [0.1, 0.15) is 11.6 Å². The number of nitrogens with zero attached hydrogens (tertiary/aromatic N) is 1. The Morgan fingerprint density at radius 2 is 2.04 bits per heavy atom. The molecule has 1 heterocycles. The molecule has 0 radical (unpaired) electrons. The van der Waals surface area contributed by atoms with Crippen molar-refractivity contribution in [3.8, 4) is 0 Å². The summed E-state index contributed by atoms with van der Waals surface area (Å²) < 4.78 is 0. The molecule has 1 aromatic carbocycles. The van der Waals surface area contributed by atoms with E-state index in [0.29, 0.717) is 25.1 Å². The molecular formula is C19H27NO3. The van der Waals surface area contributed by atoms with E-state index in [1.807, 2.05) is 44.9 Å². The second kappa shape index (κ2) is 7.78. The van der Waals surface area contributed by atoms with E-state index in [0.717, 1.165) is 12.8 Å². The molecular weight excluding hydrogens is 290 g/mol. The molecule has 23 heavy (non-hydrogen) atoms. The maximum Gasteiger partial charge on any atom is 0.148 e. The van der Waals surface area contributed by atoms with Crippen molar-refractivity contribution in [3.63, 3.8) is 0 Å². The smallest absolute Gasteiger partial charge is 0.148 e. The molecule has 0 amide bonds. The molecule has 0 aromatic heterocycles. The molecule has 1 aliphatic rings. The van der Waals surface area contributed by atoms with Crippen LogP contribution in [0.25, 0.3) is 0 Å². The highest BCUT2D eigenvalue weighted by Gasteiger charge is 2.31. The van der Waals surface area contributed by atoms with Gasteiger partial charge in [-0.2, -0.15) is 0 Å². The third kappa shape index (κ3) is 5.51. The number of hydrogen-bond acceptors (Lipinski definition) is 4. The largest absolute Gasteiger partial charge is 0.393 e. The van der Waals surface area contributed by atoms with Gasteiger partial charge in [0, 0.05) is 13.0 Å². The Labute approximate surface area is 138 Å². The topological polar surface area (TPSA) is 49.8 Å². The van der Waals surface area contributed by atoms with Gasteiger partial charge >= 0.3 is 0 Å². The van der Waals surface area contributed by atoms with Gasteiger partial charge in [0.2, 0.25) is 0 Å². The Hall–Kier alpha value is -1.61. The third-order valence-corrected chi connectivity index (χ3v) is 4.08. The van der Waals surface area contributed by atoms with Crippen molar-refractivity contribution in [1.29, 1.82) is 0 Å². The first-order chi connectivity index (χ1) is 10.9. The van der Waals surface area contributed by atoms with E-state index < -0.39 is 6.10 Å². The lowest BCUT2D eigenvalue weighted by Crippen LogP contribution is -2.40. The fourth-order valence-electron chi connectivity index (χ4n) is 2.92. The zero-order chi connectivity index (χ0) is 16.9. The van der Waals surface area contributed by atoms with Crippen LogP contribution in [0, 0.1) is 5.92 Å². The molecule has 4 heteroatoms.